The molecule has 0 nitrogen and oxygen atoms in total. The van der Waals surface area contributed by atoms with Crippen molar-refractivity contribution in [3.8, 4) is 0 Å². The van der Waals surface area contributed by atoms with E-state index in [0.717, 1.165) is 11.8 Å². The van der Waals surface area contributed by atoms with Crippen molar-refractivity contribution in [1.82, 2.24) is 0 Å². The van der Waals surface area contributed by atoms with Gasteiger partial charge in [-0.25, -0.2) is 0 Å². The first-order valence-electron chi connectivity index (χ1n) is 5.48. The van der Waals surface area contributed by atoms with Crippen LogP contribution in [0, 0.1) is 12.0 Å². The molecule has 0 N–H and O–H groups in total. The summed E-state index contributed by atoms with van der Waals surface area (Å²) in [5.41, 5.74) is 1.49. The van der Waals surface area contributed by atoms with Gasteiger partial charge in [-0.3, -0.25) is 0 Å². The third kappa shape index (κ3) is 3.26. The van der Waals surface area contributed by atoms with Crippen LogP contribution in [0.5, 0.6) is 0 Å². The number of benzene rings is 1. The first-order valence-corrected chi connectivity index (χ1v) is 5.48. The second kappa shape index (κ2) is 6.21. The van der Waals surface area contributed by atoms with Gasteiger partial charge in [0.05, 0.1) is 0 Å². The van der Waals surface area contributed by atoms with Gasteiger partial charge in [0.15, 0.2) is 0 Å². The Morgan fingerprint density at radius 2 is 1.73 bits per heavy atom. The van der Waals surface area contributed by atoms with Crippen LogP contribution in [0.3, 0.4) is 0 Å². The molecule has 0 atom stereocenters. The van der Waals surface area contributed by atoms with Crippen LogP contribution < -0.4 is 18.9 Å². The van der Waals surface area contributed by atoms with E-state index in [-0.39, 0.29) is 18.9 Å². The molecule has 0 saturated heterocycles. The molecule has 74 valence electrons. The van der Waals surface area contributed by atoms with E-state index in [1.54, 1.807) is 0 Å². The summed E-state index contributed by atoms with van der Waals surface area (Å²) in [4.78, 5) is 0. The molecule has 0 unspecified atom stereocenters. The minimum Gasteiger partial charge on any atom is -0.184 e. The van der Waals surface area contributed by atoms with Crippen molar-refractivity contribution in [3.05, 3.63) is 48.6 Å². The molecule has 0 amide bonds. The van der Waals surface area contributed by atoms with E-state index in [1.165, 1.54) is 31.2 Å². The third-order valence-electron chi connectivity index (χ3n) is 3.32. The Balaban J connectivity index is 0.00000112. The number of hydrogen-bond donors (Lipinski definition) is 0. The van der Waals surface area contributed by atoms with E-state index in [0.29, 0.717) is 0 Å². The van der Waals surface area contributed by atoms with Gasteiger partial charge in [-0.2, -0.15) is 35.9 Å². The zero-order chi connectivity index (χ0) is 9.80. The second-order valence-electron chi connectivity index (χ2n) is 4.18. The Kier molecular flexibility index (Phi) is 5.23. The van der Waals surface area contributed by atoms with E-state index in [2.05, 4.69) is 30.9 Å². The number of hydrogen-bond acceptors (Lipinski definition) is 0. The normalized spacial score (nSPS) is 25.3. The van der Waals surface area contributed by atoms with E-state index < -0.39 is 0 Å². The molecule has 1 fully saturated rings. The maximum Gasteiger partial charge on any atom is 1.00 e. The summed E-state index contributed by atoms with van der Waals surface area (Å²) in [5.74, 6) is 1.54. The molecule has 0 spiro atoms. The van der Waals surface area contributed by atoms with Gasteiger partial charge in [0, 0.05) is 0 Å². The largest absolute Gasteiger partial charge is 1.00 e. The van der Waals surface area contributed by atoms with Crippen LogP contribution in [0.25, 0.3) is 0 Å². The molecule has 1 aromatic rings. The Bertz CT molecular complexity index is 283. The van der Waals surface area contributed by atoms with Crippen molar-refractivity contribution >= 4 is 0 Å². The Morgan fingerprint density at radius 1 is 1.13 bits per heavy atom. The molecular formula is C14H17Li. The van der Waals surface area contributed by atoms with Gasteiger partial charge < -0.3 is 0 Å². The van der Waals surface area contributed by atoms with Gasteiger partial charge in [0.2, 0.25) is 0 Å². The summed E-state index contributed by atoms with van der Waals surface area (Å²) < 4.78 is 0. The molecule has 0 heterocycles. The van der Waals surface area contributed by atoms with Gasteiger partial charge in [-0.05, 0) is 37.5 Å². The molecular weight excluding hydrogens is 175 g/mol. The monoisotopic (exact) mass is 192 g/mol. The maximum absolute atomic E-state index is 3.88. The van der Waals surface area contributed by atoms with Crippen LogP contribution in [-0.4, -0.2) is 0 Å². The molecule has 0 aromatic heterocycles. The topological polar surface area (TPSA) is 0 Å². The molecule has 1 heteroatoms. The number of allylic oxidation sites excluding steroid dienone is 1. The Hall–Kier alpha value is -0.443. The van der Waals surface area contributed by atoms with Gasteiger partial charge in [-0.1, -0.05) is 6.08 Å². The van der Waals surface area contributed by atoms with Gasteiger partial charge in [0.1, 0.15) is 0 Å². The molecule has 0 aliphatic heterocycles. The molecule has 1 aliphatic carbocycles. The fourth-order valence-electron chi connectivity index (χ4n) is 2.36. The predicted molar refractivity (Wildman–Crippen MR) is 60.2 cm³/mol. The zero-order valence-electron chi connectivity index (χ0n) is 9.58. The van der Waals surface area contributed by atoms with E-state index in [9.17, 15) is 0 Å². The molecule has 0 bridgehead atoms. The summed E-state index contributed by atoms with van der Waals surface area (Å²) in [7, 11) is 0. The summed E-state index contributed by atoms with van der Waals surface area (Å²) >= 11 is 0. The van der Waals surface area contributed by atoms with Crippen LogP contribution in [0.1, 0.15) is 37.2 Å². The Morgan fingerprint density at radius 3 is 2.27 bits per heavy atom. The number of rotatable bonds is 2. The second-order valence-corrected chi connectivity index (χ2v) is 4.18. The van der Waals surface area contributed by atoms with Crippen molar-refractivity contribution in [3.63, 3.8) is 0 Å². The standard InChI is InChI=1S/C14H17.Li/c1-2-12-8-10-14(11-9-12)13-6-4-3-5-7-13;/h2,4-7,12,14H,1,8-11H2;/q-1;+1. The van der Waals surface area contributed by atoms with E-state index >= 15 is 0 Å². The van der Waals surface area contributed by atoms with Gasteiger partial charge >= 0.3 is 18.9 Å². The average molecular weight is 192 g/mol. The van der Waals surface area contributed by atoms with Gasteiger partial charge in [-0.15, -0.1) is 6.58 Å². The van der Waals surface area contributed by atoms with Crippen LogP contribution in [0.15, 0.2) is 36.9 Å². The van der Waals surface area contributed by atoms with E-state index in [4.69, 9.17) is 0 Å². The first-order chi connectivity index (χ1) is 6.90. The molecule has 1 aromatic carbocycles. The van der Waals surface area contributed by atoms with E-state index in [1.807, 2.05) is 12.1 Å². The van der Waals surface area contributed by atoms with Crippen molar-refractivity contribution in [2.24, 2.45) is 5.92 Å². The smallest absolute Gasteiger partial charge is 0.184 e. The SMILES string of the molecule is C=CC1CCC(c2cc[c-]cc2)CC1.[Li+]. The van der Waals surface area contributed by atoms with Crippen LogP contribution >= 0.6 is 0 Å². The van der Waals surface area contributed by atoms with Gasteiger partial charge in [0.25, 0.3) is 0 Å². The minimum atomic E-state index is 0. The maximum atomic E-state index is 3.88. The van der Waals surface area contributed by atoms with Crippen molar-refractivity contribution in [1.29, 1.82) is 0 Å². The molecule has 1 saturated carbocycles. The summed E-state index contributed by atoms with van der Waals surface area (Å²) in [6.45, 7) is 3.88. The van der Waals surface area contributed by atoms with Crippen molar-refractivity contribution in [2.45, 2.75) is 31.6 Å². The molecule has 15 heavy (non-hydrogen) atoms. The summed E-state index contributed by atoms with van der Waals surface area (Å²) in [5, 5.41) is 0. The quantitative estimate of drug-likeness (QED) is 0.372. The predicted octanol–water partition coefficient (Wildman–Crippen LogP) is 0.951. The van der Waals surface area contributed by atoms with Crippen molar-refractivity contribution < 1.29 is 18.9 Å². The van der Waals surface area contributed by atoms with Crippen LogP contribution in [-0.2, 0) is 0 Å². The molecule has 0 radical (unpaired) electrons. The fraction of sp³-hybridized carbons (Fsp3) is 0.429. The summed E-state index contributed by atoms with van der Waals surface area (Å²) in [6.07, 6.45) is 7.38. The van der Waals surface area contributed by atoms with Crippen LogP contribution in [0.4, 0.5) is 0 Å². The first kappa shape index (κ1) is 12.6. The Labute approximate surface area is 105 Å². The molecule has 1 aliphatic rings. The molecule has 2 rings (SSSR count). The third-order valence-corrected chi connectivity index (χ3v) is 3.32. The minimum absolute atomic E-state index is 0. The van der Waals surface area contributed by atoms with Crippen LogP contribution in [0.2, 0.25) is 0 Å². The average Bonchev–Trinajstić information content (AvgIpc) is 2.30. The van der Waals surface area contributed by atoms with Crippen molar-refractivity contribution in [2.75, 3.05) is 0 Å². The zero-order valence-corrected chi connectivity index (χ0v) is 9.58. The summed E-state index contributed by atoms with van der Waals surface area (Å²) in [6, 6.07) is 11.5. The fourth-order valence-corrected chi connectivity index (χ4v) is 2.36.